The third-order valence-corrected chi connectivity index (χ3v) is 7.22. The molecule has 1 unspecified atom stereocenters. The van der Waals surface area contributed by atoms with Crippen molar-refractivity contribution in [1.82, 2.24) is 24.8 Å². The quantitative estimate of drug-likeness (QED) is 0.394. The number of carboxylic acid groups (broad SMARTS) is 1. The van der Waals surface area contributed by atoms with Gasteiger partial charge in [-0.1, -0.05) is 23.4 Å². The van der Waals surface area contributed by atoms with Gasteiger partial charge in [0.15, 0.2) is 5.78 Å². The zero-order valence-corrected chi connectivity index (χ0v) is 19.5. The summed E-state index contributed by atoms with van der Waals surface area (Å²) in [5.41, 5.74) is 3.09. The average Bonchev–Trinajstić information content (AvgIpc) is 3.45. The van der Waals surface area contributed by atoms with Crippen LogP contribution in [0.4, 0.5) is 0 Å². The minimum atomic E-state index is -0.836. The molecule has 5 rings (SSSR count). The van der Waals surface area contributed by atoms with E-state index in [1.54, 1.807) is 13.1 Å². The van der Waals surface area contributed by atoms with Crippen molar-refractivity contribution in [3.8, 4) is 11.4 Å². The molecule has 0 radical (unpaired) electrons. The molecule has 2 aromatic heterocycles. The summed E-state index contributed by atoms with van der Waals surface area (Å²) in [7, 11) is 1.69. The summed E-state index contributed by atoms with van der Waals surface area (Å²) in [5.74, 6) is -0.618. The number of carbonyl (C=O) groups is 2. The summed E-state index contributed by atoms with van der Waals surface area (Å²) in [5, 5.41) is 23.3. The molecule has 0 saturated heterocycles. The second kappa shape index (κ2) is 8.31. The van der Waals surface area contributed by atoms with E-state index >= 15 is 0 Å². The molecule has 0 amide bonds. The molecule has 10 heteroatoms. The van der Waals surface area contributed by atoms with Crippen LogP contribution in [0.3, 0.4) is 0 Å². The Morgan fingerprint density at radius 2 is 2.00 bits per heavy atom. The Kier molecular flexibility index (Phi) is 5.46. The fourth-order valence-electron chi connectivity index (χ4n) is 4.47. The van der Waals surface area contributed by atoms with Crippen LogP contribution in [0.5, 0.6) is 0 Å². The standard InChI is InChI=1S/C23H20ClN5O3S/c1-12(30)17-9-14(23-25-27-28(2)26-23)10-18-20(17)22(33-16-5-3-15(24)4-6-16)21-13(11-19(31)32)7-8-29(18)21/h3-6,9-10,13H,7-8,11H2,1-2H3,(H,31,32). The monoisotopic (exact) mass is 481 g/mol. The van der Waals surface area contributed by atoms with Crippen LogP contribution in [-0.4, -0.2) is 41.6 Å². The van der Waals surface area contributed by atoms with Crippen LogP contribution in [0.1, 0.15) is 41.7 Å². The topological polar surface area (TPSA) is 103 Å². The molecule has 0 spiro atoms. The number of fused-ring (bicyclic) bond motifs is 3. The van der Waals surface area contributed by atoms with Gasteiger partial charge < -0.3 is 9.67 Å². The van der Waals surface area contributed by atoms with Gasteiger partial charge in [0.05, 0.1) is 19.0 Å². The third kappa shape index (κ3) is 3.91. The Hall–Kier alpha value is -3.17. The zero-order chi connectivity index (χ0) is 23.3. The van der Waals surface area contributed by atoms with Gasteiger partial charge in [-0.15, -0.1) is 10.2 Å². The molecule has 0 aliphatic carbocycles. The molecule has 168 valence electrons. The maximum Gasteiger partial charge on any atom is 0.304 e. The molecule has 0 bridgehead atoms. The number of hydrogen-bond acceptors (Lipinski definition) is 6. The SMILES string of the molecule is CC(=O)c1cc(-c2nnn(C)n2)cc2c1c(Sc1ccc(Cl)cc1)c1n2CCC1CC(=O)O. The van der Waals surface area contributed by atoms with Gasteiger partial charge >= 0.3 is 5.97 Å². The van der Waals surface area contributed by atoms with E-state index in [4.69, 9.17) is 11.6 Å². The minimum Gasteiger partial charge on any atom is -0.481 e. The number of ketones is 1. The van der Waals surface area contributed by atoms with Crippen LogP contribution in [-0.2, 0) is 18.4 Å². The first-order valence-corrected chi connectivity index (χ1v) is 11.6. The lowest BCUT2D eigenvalue weighted by Gasteiger charge is -2.11. The highest BCUT2D eigenvalue weighted by atomic mass is 35.5. The van der Waals surface area contributed by atoms with Crippen molar-refractivity contribution in [2.75, 3.05) is 0 Å². The van der Waals surface area contributed by atoms with Gasteiger partial charge in [0.2, 0.25) is 5.82 Å². The molecule has 1 N–H and O–H groups in total. The van der Waals surface area contributed by atoms with Crippen molar-refractivity contribution < 1.29 is 14.7 Å². The molecule has 2 aromatic carbocycles. The molecular formula is C23H20ClN5O3S. The van der Waals surface area contributed by atoms with Gasteiger partial charge in [-0.05, 0) is 55.0 Å². The normalized spacial score (nSPS) is 15.2. The Morgan fingerprint density at radius 1 is 1.24 bits per heavy atom. The molecule has 1 aliphatic heterocycles. The Morgan fingerprint density at radius 3 is 2.64 bits per heavy atom. The predicted octanol–water partition coefficient (Wildman–Crippen LogP) is 4.80. The smallest absolute Gasteiger partial charge is 0.304 e. The lowest BCUT2D eigenvalue weighted by Crippen LogP contribution is -2.04. The first kappa shape index (κ1) is 21.7. The van der Waals surface area contributed by atoms with E-state index in [0.29, 0.717) is 28.5 Å². The van der Waals surface area contributed by atoms with Crippen molar-refractivity contribution in [1.29, 1.82) is 0 Å². The minimum absolute atomic E-state index is 0.0402. The first-order chi connectivity index (χ1) is 15.8. The molecule has 8 nitrogen and oxygen atoms in total. The number of hydrogen-bond donors (Lipinski definition) is 1. The number of aryl methyl sites for hydroxylation is 2. The number of aliphatic carboxylic acids is 1. The fraction of sp³-hybridized carbons (Fsp3) is 0.261. The summed E-state index contributed by atoms with van der Waals surface area (Å²) >= 11 is 7.60. The number of benzene rings is 2. The van der Waals surface area contributed by atoms with E-state index in [9.17, 15) is 14.7 Å². The number of carboxylic acids is 1. The number of carbonyl (C=O) groups excluding carboxylic acids is 1. The molecule has 1 atom stereocenters. The van der Waals surface area contributed by atoms with Crippen molar-refractivity contribution in [2.24, 2.45) is 7.05 Å². The predicted molar refractivity (Wildman–Crippen MR) is 125 cm³/mol. The Bertz CT molecular complexity index is 1410. The van der Waals surface area contributed by atoms with E-state index < -0.39 is 5.97 Å². The van der Waals surface area contributed by atoms with Crippen LogP contribution in [0, 0.1) is 0 Å². The van der Waals surface area contributed by atoms with E-state index in [1.807, 2.05) is 30.3 Å². The second-order valence-corrected chi connectivity index (χ2v) is 9.60. The molecule has 3 heterocycles. The number of Topliss-reactive ketones (excluding diaryl/α,β-unsaturated/α-hetero) is 1. The van der Waals surface area contributed by atoms with E-state index in [0.717, 1.165) is 32.8 Å². The number of nitrogens with zero attached hydrogens (tertiary/aromatic N) is 5. The summed E-state index contributed by atoms with van der Waals surface area (Å²) in [6.07, 6.45) is 0.771. The largest absolute Gasteiger partial charge is 0.481 e. The Balaban J connectivity index is 1.78. The van der Waals surface area contributed by atoms with E-state index in [-0.39, 0.29) is 18.1 Å². The van der Waals surface area contributed by atoms with Crippen LogP contribution in [0.15, 0.2) is 46.2 Å². The van der Waals surface area contributed by atoms with Gasteiger partial charge in [0.1, 0.15) is 0 Å². The lowest BCUT2D eigenvalue weighted by atomic mass is 9.98. The molecule has 4 aromatic rings. The second-order valence-electron chi connectivity index (χ2n) is 8.08. The van der Waals surface area contributed by atoms with Gasteiger partial charge in [0.25, 0.3) is 0 Å². The van der Waals surface area contributed by atoms with Crippen molar-refractivity contribution in [2.45, 2.75) is 42.0 Å². The zero-order valence-electron chi connectivity index (χ0n) is 17.9. The van der Waals surface area contributed by atoms with Gasteiger partial charge in [-0.3, -0.25) is 9.59 Å². The number of aromatic nitrogens is 5. The van der Waals surface area contributed by atoms with Gasteiger partial charge in [0, 0.05) is 49.5 Å². The summed E-state index contributed by atoms with van der Waals surface area (Å²) in [6.45, 7) is 2.22. The molecule has 1 aliphatic rings. The highest BCUT2D eigenvalue weighted by Gasteiger charge is 2.33. The maximum absolute atomic E-state index is 12.8. The fourth-order valence-corrected chi connectivity index (χ4v) is 5.80. The third-order valence-electron chi connectivity index (χ3n) is 5.85. The van der Waals surface area contributed by atoms with Crippen molar-refractivity contribution >= 4 is 46.0 Å². The number of halogens is 1. The number of tetrazole rings is 1. The first-order valence-electron chi connectivity index (χ1n) is 10.4. The van der Waals surface area contributed by atoms with Crippen LogP contribution in [0.25, 0.3) is 22.3 Å². The lowest BCUT2D eigenvalue weighted by molar-refractivity contribution is -0.137. The van der Waals surface area contributed by atoms with Gasteiger partial charge in [-0.25, -0.2) is 0 Å². The average molecular weight is 482 g/mol. The molecule has 0 saturated carbocycles. The summed E-state index contributed by atoms with van der Waals surface area (Å²) < 4.78 is 2.15. The highest BCUT2D eigenvalue weighted by molar-refractivity contribution is 7.99. The molecular weight excluding hydrogens is 462 g/mol. The summed E-state index contributed by atoms with van der Waals surface area (Å²) in [4.78, 5) is 27.6. The van der Waals surface area contributed by atoms with Crippen LogP contribution < -0.4 is 0 Å². The summed E-state index contributed by atoms with van der Waals surface area (Å²) in [6, 6.07) is 11.3. The van der Waals surface area contributed by atoms with Crippen molar-refractivity contribution in [3.05, 3.63) is 52.7 Å². The van der Waals surface area contributed by atoms with E-state index in [2.05, 4.69) is 20.0 Å². The molecule has 33 heavy (non-hydrogen) atoms. The van der Waals surface area contributed by atoms with Gasteiger partial charge in [-0.2, -0.15) is 4.80 Å². The maximum atomic E-state index is 12.8. The van der Waals surface area contributed by atoms with Crippen LogP contribution >= 0.6 is 23.4 Å². The highest BCUT2D eigenvalue weighted by Crippen LogP contribution is 2.48. The van der Waals surface area contributed by atoms with Crippen molar-refractivity contribution in [3.63, 3.8) is 0 Å². The number of rotatable bonds is 6. The molecule has 0 fully saturated rings. The van der Waals surface area contributed by atoms with E-state index in [1.165, 1.54) is 23.5 Å². The van der Waals surface area contributed by atoms with Crippen LogP contribution in [0.2, 0.25) is 5.02 Å². The Labute approximate surface area is 198 Å².